The van der Waals surface area contributed by atoms with Crippen LogP contribution in [0.15, 0.2) is 6.07 Å². The Bertz CT molecular complexity index is 493. The van der Waals surface area contributed by atoms with Crippen molar-refractivity contribution in [2.75, 3.05) is 13.7 Å². The van der Waals surface area contributed by atoms with Crippen molar-refractivity contribution in [3.63, 3.8) is 0 Å². The van der Waals surface area contributed by atoms with Crippen molar-refractivity contribution in [3.8, 4) is 11.6 Å². The van der Waals surface area contributed by atoms with Gasteiger partial charge in [0.2, 0.25) is 0 Å². The lowest BCUT2D eigenvalue weighted by Crippen LogP contribution is -2.19. The number of halogens is 4. The second kappa shape index (κ2) is 6.95. The predicted octanol–water partition coefficient (Wildman–Crippen LogP) is 2.70. The lowest BCUT2D eigenvalue weighted by atomic mass is 10.2. The van der Waals surface area contributed by atoms with Crippen molar-refractivity contribution < 1.29 is 32.2 Å². The molecule has 1 rings (SSSR count). The molecule has 1 aromatic rings. The number of carbonyl (C=O) groups excluding carboxylic acids is 1. The Hall–Kier alpha value is -1.26. The number of rotatable bonds is 5. The van der Waals surface area contributed by atoms with Gasteiger partial charge in [-0.3, -0.25) is 4.79 Å². The number of hydrogen-bond acceptors (Lipinski definition) is 5. The maximum Gasteiger partial charge on any atom is 0.574 e. The molecule has 0 spiro atoms. The molecule has 0 N–H and O–H groups in total. The Morgan fingerprint density at radius 2 is 2.10 bits per heavy atom. The van der Waals surface area contributed by atoms with Crippen molar-refractivity contribution >= 4 is 28.6 Å². The minimum Gasteiger partial charge on any atom is -0.490 e. The Labute approximate surface area is 126 Å². The first kappa shape index (κ1) is 16.8. The highest BCUT2D eigenvalue weighted by molar-refractivity contribution is 14.1. The van der Waals surface area contributed by atoms with Gasteiger partial charge in [-0.2, -0.15) is 0 Å². The summed E-state index contributed by atoms with van der Waals surface area (Å²) in [5.41, 5.74) is 0.105. The number of methoxy groups -OCH3 is 1. The summed E-state index contributed by atoms with van der Waals surface area (Å²) in [6, 6.07) is 1.43. The zero-order valence-corrected chi connectivity index (χ0v) is 12.7. The van der Waals surface area contributed by atoms with Gasteiger partial charge in [0.1, 0.15) is 0 Å². The van der Waals surface area contributed by atoms with Crippen LogP contribution in [0.5, 0.6) is 11.6 Å². The van der Waals surface area contributed by atoms with Gasteiger partial charge < -0.3 is 14.2 Å². The molecule has 0 bridgehead atoms. The minimum atomic E-state index is -4.90. The van der Waals surface area contributed by atoms with Crippen molar-refractivity contribution in [3.05, 3.63) is 15.3 Å². The quantitative estimate of drug-likeness (QED) is 0.557. The van der Waals surface area contributed by atoms with E-state index >= 15 is 0 Å². The predicted molar refractivity (Wildman–Crippen MR) is 70.5 cm³/mol. The third kappa shape index (κ3) is 5.02. The largest absolute Gasteiger partial charge is 0.574 e. The van der Waals surface area contributed by atoms with E-state index in [1.807, 2.05) is 0 Å². The van der Waals surface area contributed by atoms with E-state index in [4.69, 9.17) is 9.47 Å². The Morgan fingerprint density at radius 1 is 1.45 bits per heavy atom. The molecule has 0 fully saturated rings. The highest BCUT2D eigenvalue weighted by Crippen LogP contribution is 2.34. The van der Waals surface area contributed by atoms with Gasteiger partial charge in [0.15, 0.2) is 5.75 Å². The molecule has 5 nitrogen and oxygen atoms in total. The Balaban J connectivity index is 3.07. The molecule has 0 saturated carbocycles. The molecule has 1 aromatic heterocycles. The third-order valence-electron chi connectivity index (χ3n) is 2.00. The van der Waals surface area contributed by atoms with E-state index in [1.165, 1.54) is 13.2 Å². The van der Waals surface area contributed by atoms with Gasteiger partial charge in [-0.05, 0) is 35.6 Å². The van der Waals surface area contributed by atoms with Crippen molar-refractivity contribution in [1.29, 1.82) is 0 Å². The molecule has 112 valence electrons. The van der Waals surface area contributed by atoms with Crippen molar-refractivity contribution in [1.82, 2.24) is 4.98 Å². The molecule has 0 aromatic carbocycles. The summed E-state index contributed by atoms with van der Waals surface area (Å²) in [4.78, 5) is 15.0. The molecule has 0 aliphatic carbocycles. The van der Waals surface area contributed by atoms with Crippen LogP contribution in [0.4, 0.5) is 13.2 Å². The van der Waals surface area contributed by atoms with Crippen LogP contribution >= 0.6 is 22.6 Å². The molecule has 0 amide bonds. The molecule has 0 radical (unpaired) electrons. The van der Waals surface area contributed by atoms with E-state index in [9.17, 15) is 18.0 Å². The van der Waals surface area contributed by atoms with E-state index in [0.717, 1.165) is 0 Å². The summed E-state index contributed by atoms with van der Waals surface area (Å²) in [6.07, 6.45) is -5.14. The number of ether oxygens (including phenoxy) is 3. The van der Waals surface area contributed by atoms with Crippen LogP contribution < -0.4 is 9.47 Å². The topological polar surface area (TPSA) is 57.7 Å². The molecule has 0 atom stereocenters. The SMILES string of the molecule is CCOC(=O)Cc1cc(I)c(OC)c(OC(F)(F)F)n1. The van der Waals surface area contributed by atoms with E-state index in [0.29, 0.717) is 3.57 Å². The van der Waals surface area contributed by atoms with Gasteiger partial charge in [0, 0.05) is 0 Å². The van der Waals surface area contributed by atoms with Crippen molar-refractivity contribution in [2.45, 2.75) is 19.7 Å². The second-order valence-electron chi connectivity index (χ2n) is 3.46. The van der Waals surface area contributed by atoms with E-state index < -0.39 is 18.2 Å². The van der Waals surface area contributed by atoms with Gasteiger partial charge in [0.25, 0.3) is 5.88 Å². The van der Waals surface area contributed by atoms with Crippen LogP contribution in [0.2, 0.25) is 0 Å². The minimum absolute atomic E-state index is 0.105. The number of aromatic nitrogens is 1. The molecule has 1 heterocycles. The van der Waals surface area contributed by atoms with Crippen LogP contribution in [-0.4, -0.2) is 31.0 Å². The smallest absolute Gasteiger partial charge is 0.490 e. The zero-order valence-electron chi connectivity index (χ0n) is 10.6. The van der Waals surface area contributed by atoms with Gasteiger partial charge in [0.05, 0.1) is 29.4 Å². The highest BCUT2D eigenvalue weighted by Gasteiger charge is 2.34. The molecule has 0 aliphatic rings. The first-order chi connectivity index (χ1) is 9.26. The molecule has 0 unspecified atom stereocenters. The number of nitrogens with zero attached hydrogens (tertiary/aromatic N) is 1. The van der Waals surface area contributed by atoms with Crippen LogP contribution in [0.1, 0.15) is 12.6 Å². The molecular formula is C11H11F3INO4. The molecule has 0 aliphatic heterocycles. The first-order valence-electron chi connectivity index (χ1n) is 5.41. The van der Waals surface area contributed by atoms with Gasteiger partial charge in [-0.25, -0.2) is 4.98 Å². The van der Waals surface area contributed by atoms with Crippen molar-refractivity contribution in [2.24, 2.45) is 0 Å². The number of pyridine rings is 1. The fraction of sp³-hybridized carbons (Fsp3) is 0.455. The normalized spacial score (nSPS) is 11.1. The number of alkyl halides is 3. The highest BCUT2D eigenvalue weighted by atomic mass is 127. The maximum absolute atomic E-state index is 12.3. The second-order valence-corrected chi connectivity index (χ2v) is 4.63. The van der Waals surface area contributed by atoms with Gasteiger partial charge in [-0.15, -0.1) is 13.2 Å². The first-order valence-corrected chi connectivity index (χ1v) is 6.49. The van der Waals surface area contributed by atoms with Crippen LogP contribution in [0.25, 0.3) is 0 Å². The van der Waals surface area contributed by atoms with E-state index in [2.05, 4.69) is 9.72 Å². The zero-order chi connectivity index (χ0) is 15.3. The monoisotopic (exact) mass is 405 g/mol. The Kier molecular flexibility index (Phi) is 5.84. The van der Waals surface area contributed by atoms with Gasteiger partial charge in [-0.1, -0.05) is 0 Å². The fourth-order valence-corrected chi connectivity index (χ4v) is 2.15. The summed E-state index contributed by atoms with van der Waals surface area (Å²) in [7, 11) is 1.20. The average molecular weight is 405 g/mol. The average Bonchev–Trinajstić information content (AvgIpc) is 2.26. The van der Waals surface area contributed by atoms with E-state index in [-0.39, 0.29) is 24.5 Å². The summed E-state index contributed by atoms with van der Waals surface area (Å²) < 4.78 is 50.5. The standard InChI is InChI=1S/C11H11F3INO4/c1-3-19-8(17)5-6-4-7(15)9(18-2)10(16-6)20-11(12,13)14/h4H,3,5H2,1-2H3. The maximum atomic E-state index is 12.3. The van der Waals surface area contributed by atoms with Gasteiger partial charge >= 0.3 is 12.3 Å². The number of carbonyl (C=O) groups is 1. The lowest BCUT2D eigenvalue weighted by molar-refractivity contribution is -0.276. The molecular weight excluding hydrogens is 394 g/mol. The molecule has 0 saturated heterocycles. The van der Waals surface area contributed by atoms with Crippen LogP contribution in [0.3, 0.4) is 0 Å². The summed E-state index contributed by atoms with van der Waals surface area (Å²) in [5, 5.41) is 0. The van der Waals surface area contributed by atoms with Crippen LogP contribution in [-0.2, 0) is 16.0 Å². The fourth-order valence-electron chi connectivity index (χ4n) is 1.34. The third-order valence-corrected chi connectivity index (χ3v) is 2.80. The Morgan fingerprint density at radius 3 is 2.60 bits per heavy atom. The number of hydrogen-bond donors (Lipinski definition) is 0. The summed E-state index contributed by atoms with van der Waals surface area (Å²) in [5.74, 6) is -1.46. The lowest BCUT2D eigenvalue weighted by Gasteiger charge is -2.14. The number of esters is 1. The van der Waals surface area contributed by atoms with Crippen LogP contribution in [0, 0.1) is 3.57 Å². The molecule has 9 heteroatoms. The summed E-state index contributed by atoms with van der Waals surface area (Å²) in [6.45, 7) is 1.80. The van der Waals surface area contributed by atoms with E-state index in [1.54, 1.807) is 29.5 Å². The summed E-state index contributed by atoms with van der Waals surface area (Å²) >= 11 is 1.77. The molecule has 20 heavy (non-hydrogen) atoms.